The van der Waals surface area contributed by atoms with Gasteiger partial charge in [-0.25, -0.2) is 0 Å². The third-order valence-electron chi connectivity index (χ3n) is 3.89. The molecule has 2 aromatic rings. The summed E-state index contributed by atoms with van der Waals surface area (Å²) in [4.78, 5) is 0. The fourth-order valence-electron chi connectivity index (χ4n) is 2.73. The second-order valence-corrected chi connectivity index (χ2v) is 5.53. The minimum atomic E-state index is -4.47. The summed E-state index contributed by atoms with van der Waals surface area (Å²) in [5.74, 6) is 1.51. The third kappa shape index (κ3) is 2.11. The summed E-state index contributed by atoms with van der Waals surface area (Å²) < 4.78 is 43.1. The predicted octanol–water partition coefficient (Wildman–Crippen LogP) is 4.61. The van der Waals surface area contributed by atoms with Crippen molar-refractivity contribution in [3.63, 3.8) is 0 Å². The molecule has 1 aromatic carbocycles. The van der Waals surface area contributed by atoms with E-state index in [-0.39, 0.29) is 11.0 Å². The molecule has 1 heterocycles. The van der Waals surface area contributed by atoms with Gasteiger partial charge >= 0.3 is 6.18 Å². The minimum Gasteiger partial charge on any atom is -0.356 e. The van der Waals surface area contributed by atoms with Crippen LogP contribution >= 0.6 is 0 Å². The summed E-state index contributed by atoms with van der Waals surface area (Å²) >= 11 is 0. The van der Waals surface area contributed by atoms with Gasteiger partial charge in [0.25, 0.3) is 0 Å². The Morgan fingerprint density at radius 1 is 1.32 bits per heavy atom. The van der Waals surface area contributed by atoms with Gasteiger partial charge in [-0.1, -0.05) is 25.1 Å². The van der Waals surface area contributed by atoms with Gasteiger partial charge in [0.05, 0.1) is 5.39 Å². The first-order valence-electron chi connectivity index (χ1n) is 6.34. The molecule has 1 aromatic heterocycles. The number of fused-ring (bicyclic) bond motifs is 1. The lowest BCUT2D eigenvalue weighted by molar-refractivity contribution is -0.141. The molecule has 1 fully saturated rings. The molecular formula is C14H14F3NO. The molecule has 1 aliphatic carbocycles. The van der Waals surface area contributed by atoms with Crippen molar-refractivity contribution >= 4 is 11.0 Å². The highest BCUT2D eigenvalue weighted by Crippen LogP contribution is 2.52. The smallest absolute Gasteiger partial charge is 0.356 e. The zero-order chi connectivity index (χ0) is 13.8. The molecule has 0 spiro atoms. The van der Waals surface area contributed by atoms with E-state index in [1.807, 2.05) is 6.07 Å². The number of nitrogens with zero attached hydrogens (tertiary/aromatic N) is 1. The van der Waals surface area contributed by atoms with Crippen LogP contribution in [0.2, 0.25) is 0 Å². The normalized spacial score (nSPS) is 23.3. The zero-order valence-corrected chi connectivity index (χ0v) is 10.7. The van der Waals surface area contributed by atoms with Gasteiger partial charge in [0.1, 0.15) is 0 Å². The molecule has 0 radical (unpaired) electrons. The Kier molecular flexibility index (Phi) is 2.62. The lowest BCUT2D eigenvalue weighted by Crippen LogP contribution is -2.05. The number of hydrogen-bond acceptors (Lipinski definition) is 2. The summed E-state index contributed by atoms with van der Waals surface area (Å²) in [6.07, 6.45) is -3.42. The largest absolute Gasteiger partial charge is 0.437 e. The van der Waals surface area contributed by atoms with Gasteiger partial charge in [0.15, 0.2) is 11.3 Å². The maximum atomic E-state index is 12.8. The highest BCUT2D eigenvalue weighted by molar-refractivity contribution is 5.81. The number of aromatic nitrogens is 1. The Morgan fingerprint density at radius 3 is 2.63 bits per heavy atom. The average Bonchev–Trinajstić information content (AvgIpc) is 3.00. The molecule has 2 nitrogen and oxygen atoms in total. The van der Waals surface area contributed by atoms with Crippen molar-refractivity contribution in [3.8, 4) is 0 Å². The van der Waals surface area contributed by atoms with Crippen LogP contribution in [-0.4, -0.2) is 5.16 Å². The van der Waals surface area contributed by atoms with Crippen LogP contribution in [0.25, 0.3) is 11.0 Å². The molecule has 1 unspecified atom stereocenters. The van der Waals surface area contributed by atoms with E-state index in [2.05, 4.69) is 19.0 Å². The topological polar surface area (TPSA) is 26.0 Å². The van der Waals surface area contributed by atoms with Crippen LogP contribution in [0.5, 0.6) is 0 Å². The molecule has 2 atom stereocenters. The Hall–Kier alpha value is -1.52. The molecule has 5 heteroatoms. The van der Waals surface area contributed by atoms with E-state index in [1.165, 1.54) is 0 Å². The van der Waals surface area contributed by atoms with Crippen LogP contribution < -0.4 is 0 Å². The molecule has 1 aliphatic rings. The van der Waals surface area contributed by atoms with Crippen LogP contribution in [0, 0.1) is 11.8 Å². The van der Waals surface area contributed by atoms with Crippen LogP contribution in [-0.2, 0) is 6.18 Å². The van der Waals surface area contributed by atoms with E-state index in [0.717, 1.165) is 12.0 Å². The van der Waals surface area contributed by atoms with Gasteiger partial charge < -0.3 is 4.52 Å². The van der Waals surface area contributed by atoms with Crippen molar-refractivity contribution in [2.24, 2.45) is 11.8 Å². The van der Waals surface area contributed by atoms with Gasteiger partial charge in [-0.3, -0.25) is 0 Å². The van der Waals surface area contributed by atoms with Crippen LogP contribution in [0.15, 0.2) is 22.7 Å². The highest BCUT2D eigenvalue weighted by atomic mass is 19.4. The Labute approximate surface area is 108 Å². The second-order valence-electron chi connectivity index (χ2n) is 5.53. The number of rotatable bonds is 2. The number of hydrogen-bond donors (Lipinski definition) is 0. The SMILES string of the molecule is CC(C)C1C[C@@H]1c1ccc2onc(C(F)(F)F)c2c1. The van der Waals surface area contributed by atoms with Crippen LogP contribution in [0.3, 0.4) is 0 Å². The number of alkyl halides is 3. The summed E-state index contributed by atoms with van der Waals surface area (Å²) in [6.45, 7) is 4.29. The maximum absolute atomic E-state index is 12.8. The lowest BCUT2D eigenvalue weighted by atomic mass is 10.0. The van der Waals surface area contributed by atoms with Gasteiger partial charge in [-0.15, -0.1) is 0 Å². The van der Waals surface area contributed by atoms with E-state index < -0.39 is 11.9 Å². The van der Waals surface area contributed by atoms with Gasteiger partial charge in [-0.2, -0.15) is 13.2 Å². The second kappa shape index (κ2) is 3.99. The standard InChI is InChI=1S/C14H14F3NO/c1-7(2)9-6-10(9)8-3-4-12-11(5-8)13(18-19-12)14(15,16)17/h3-5,7,9-10H,6H2,1-2H3/t9?,10-/m1/s1. The van der Waals surface area contributed by atoms with Crippen LogP contribution in [0.4, 0.5) is 13.2 Å². The molecule has 0 bridgehead atoms. The fraction of sp³-hybridized carbons (Fsp3) is 0.500. The van der Waals surface area contributed by atoms with Crippen molar-refractivity contribution in [3.05, 3.63) is 29.5 Å². The molecular weight excluding hydrogens is 255 g/mol. The van der Waals surface area contributed by atoms with Gasteiger partial charge in [0, 0.05) is 0 Å². The Bertz CT molecular complexity index is 615. The molecule has 3 rings (SSSR count). The molecule has 0 N–H and O–H groups in total. The lowest BCUT2D eigenvalue weighted by Gasteiger charge is -2.05. The molecule has 0 saturated heterocycles. The summed E-state index contributed by atoms with van der Waals surface area (Å²) in [6, 6.07) is 5.02. The Morgan fingerprint density at radius 2 is 2.05 bits per heavy atom. The van der Waals surface area contributed by atoms with E-state index in [9.17, 15) is 13.2 Å². The minimum absolute atomic E-state index is 0.0689. The van der Waals surface area contributed by atoms with E-state index in [4.69, 9.17) is 4.52 Å². The first-order chi connectivity index (χ1) is 8.88. The van der Waals surface area contributed by atoms with Gasteiger partial charge in [0.2, 0.25) is 0 Å². The summed E-state index contributed by atoms with van der Waals surface area (Å²) in [5, 5.41) is 3.21. The summed E-state index contributed by atoms with van der Waals surface area (Å²) in [7, 11) is 0. The van der Waals surface area contributed by atoms with Crippen LogP contribution in [0.1, 0.15) is 37.4 Å². The van der Waals surface area contributed by atoms with Crippen molar-refractivity contribution in [2.75, 3.05) is 0 Å². The molecule has 0 aliphatic heterocycles. The third-order valence-corrected chi connectivity index (χ3v) is 3.89. The molecule has 1 saturated carbocycles. The Balaban J connectivity index is 2.01. The highest BCUT2D eigenvalue weighted by Gasteiger charge is 2.41. The number of benzene rings is 1. The average molecular weight is 269 g/mol. The van der Waals surface area contributed by atoms with Gasteiger partial charge in [-0.05, 0) is 41.9 Å². The predicted molar refractivity (Wildman–Crippen MR) is 64.7 cm³/mol. The van der Waals surface area contributed by atoms with E-state index in [0.29, 0.717) is 17.8 Å². The molecule has 19 heavy (non-hydrogen) atoms. The first-order valence-corrected chi connectivity index (χ1v) is 6.34. The van der Waals surface area contributed by atoms with Crippen molar-refractivity contribution < 1.29 is 17.7 Å². The van der Waals surface area contributed by atoms with Crippen molar-refractivity contribution in [2.45, 2.75) is 32.4 Å². The summed E-state index contributed by atoms with van der Waals surface area (Å²) in [5.41, 5.74) is 0.226. The fourth-order valence-corrected chi connectivity index (χ4v) is 2.73. The molecule has 102 valence electrons. The quantitative estimate of drug-likeness (QED) is 0.796. The zero-order valence-electron chi connectivity index (χ0n) is 10.7. The first kappa shape index (κ1) is 12.5. The van der Waals surface area contributed by atoms with E-state index in [1.54, 1.807) is 12.1 Å². The monoisotopic (exact) mass is 269 g/mol. The van der Waals surface area contributed by atoms with E-state index >= 15 is 0 Å². The maximum Gasteiger partial charge on any atom is 0.437 e. The molecule has 0 amide bonds. The van der Waals surface area contributed by atoms with Crippen molar-refractivity contribution in [1.82, 2.24) is 5.16 Å². The number of halogens is 3. The van der Waals surface area contributed by atoms with Crippen molar-refractivity contribution in [1.29, 1.82) is 0 Å².